The van der Waals surface area contributed by atoms with E-state index < -0.39 is 21.6 Å². The van der Waals surface area contributed by atoms with Crippen molar-refractivity contribution in [2.24, 2.45) is 5.41 Å². The van der Waals surface area contributed by atoms with Gasteiger partial charge in [0.2, 0.25) is 0 Å². The molecule has 1 aliphatic carbocycles. The molecule has 0 amide bonds. The topological polar surface area (TPSA) is 50.3 Å². The zero-order valence-electron chi connectivity index (χ0n) is 14.5. The first-order valence-corrected chi connectivity index (χ1v) is 11.0. The van der Waals surface area contributed by atoms with Crippen molar-refractivity contribution in [1.82, 2.24) is 9.88 Å². The minimum Gasteiger partial charge on any atom is -0.300 e. The van der Waals surface area contributed by atoms with Crippen LogP contribution in [0.1, 0.15) is 49.3 Å². The van der Waals surface area contributed by atoms with E-state index in [1.54, 1.807) is 0 Å². The number of rotatable bonds is 2. The Morgan fingerprint density at radius 3 is 2.35 bits per heavy atom. The Labute approximate surface area is 151 Å². The van der Waals surface area contributed by atoms with Crippen LogP contribution in [0.2, 0.25) is 0 Å². The van der Waals surface area contributed by atoms with Gasteiger partial charge in [0, 0.05) is 35.8 Å². The lowest BCUT2D eigenvalue weighted by molar-refractivity contribution is -0.137. The summed E-state index contributed by atoms with van der Waals surface area (Å²) in [6.45, 7) is 1.84. The molecule has 0 N–H and O–H groups in total. The van der Waals surface area contributed by atoms with Gasteiger partial charge in [0.1, 0.15) is 0 Å². The molecule has 3 aliphatic rings. The maximum absolute atomic E-state index is 12.6. The second kappa shape index (κ2) is 6.19. The van der Waals surface area contributed by atoms with E-state index in [-0.39, 0.29) is 11.3 Å². The van der Waals surface area contributed by atoms with Crippen LogP contribution < -0.4 is 0 Å². The summed E-state index contributed by atoms with van der Waals surface area (Å²) in [5.74, 6) is 0.886. The van der Waals surface area contributed by atoms with Gasteiger partial charge in [-0.2, -0.15) is 13.2 Å². The average Bonchev–Trinajstić information content (AvgIpc) is 2.98. The van der Waals surface area contributed by atoms with E-state index in [0.29, 0.717) is 17.5 Å². The van der Waals surface area contributed by atoms with Gasteiger partial charge in [-0.1, -0.05) is 0 Å². The number of aromatic nitrogens is 1. The van der Waals surface area contributed by atoms with E-state index in [1.807, 2.05) is 0 Å². The number of sulfone groups is 1. The Balaban J connectivity index is 1.32. The van der Waals surface area contributed by atoms with E-state index in [1.165, 1.54) is 6.07 Å². The first-order valence-electron chi connectivity index (χ1n) is 9.14. The highest BCUT2D eigenvalue weighted by molar-refractivity contribution is 7.92. The highest BCUT2D eigenvalue weighted by atomic mass is 32.2. The average molecular weight is 388 g/mol. The lowest BCUT2D eigenvalue weighted by Gasteiger charge is -2.40. The number of hydrogen-bond acceptors (Lipinski definition) is 4. The molecule has 26 heavy (non-hydrogen) atoms. The van der Waals surface area contributed by atoms with Crippen molar-refractivity contribution in [2.45, 2.75) is 50.2 Å². The molecule has 0 bridgehead atoms. The van der Waals surface area contributed by atoms with E-state index >= 15 is 0 Å². The second-order valence-electron chi connectivity index (χ2n) is 8.23. The largest absolute Gasteiger partial charge is 0.417 e. The molecule has 0 aromatic carbocycles. The number of nitrogens with zero attached hydrogens (tertiary/aromatic N) is 2. The number of likely N-dealkylation sites (tertiary alicyclic amines) is 1. The van der Waals surface area contributed by atoms with E-state index in [4.69, 9.17) is 0 Å². The summed E-state index contributed by atoms with van der Waals surface area (Å²) in [5.41, 5.74) is 0.0391. The standard InChI is InChI=1S/C18H23F3N2O2S/c19-18(20,21)14-3-6-16(22-9-14)13-1-4-15(5-2-13)23-8-7-17(10-23)11-26(24,25)12-17/h3,6,9,13,15H,1-2,4-5,7-8,10-12H2. The lowest BCUT2D eigenvalue weighted by Crippen LogP contribution is -2.51. The first kappa shape index (κ1) is 18.2. The molecular formula is C18H23F3N2O2S. The molecule has 3 fully saturated rings. The minimum atomic E-state index is -4.34. The van der Waals surface area contributed by atoms with Gasteiger partial charge in [-0.25, -0.2) is 8.42 Å². The SMILES string of the molecule is O=S1(=O)CC2(CCN(C3CCC(c4ccc(C(F)(F)F)cn4)CC3)C2)C1. The Hall–Kier alpha value is -1.15. The monoisotopic (exact) mass is 388 g/mol. The molecule has 4 nitrogen and oxygen atoms in total. The summed E-state index contributed by atoms with van der Waals surface area (Å²) < 4.78 is 61.0. The fourth-order valence-electron chi connectivity index (χ4n) is 4.96. The summed E-state index contributed by atoms with van der Waals surface area (Å²) in [4.78, 5) is 6.49. The number of hydrogen-bond donors (Lipinski definition) is 0. The van der Waals surface area contributed by atoms with Crippen molar-refractivity contribution in [1.29, 1.82) is 0 Å². The minimum absolute atomic E-state index is 0.00926. The van der Waals surface area contributed by atoms with Gasteiger partial charge < -0.3 is 0 Å². The fourth-order valence-corrected chi connectivity index (χ4v) is 7.21. The molecule has 1 spiro atoms. The molecule has 0 atom stereocenters. The van der Waals surface area contributed by atoms with Crippen LogP contribution in [0, 0.1) is 5.41 Å². The van der Waals surface area contributed by atoms with Crippen molar-refractivity contribution in [3.63, 3.8) is 0 Å². The van der Waals surface area contributed by atoms with Gasteiger partial charge in [0.15, 0.2) is 9.84 Å². The maximum Gasteiger partial charge on any atom is 0.417 e. The van der Waals surface area contributed by atoms with E-state index in [0.717, 1.165) is 63.2 Å². The number of halogens is 3. The van der Waals surface area contributed by atoms with Crippen molar-refractivity contribution >= 4 is 9.84 Å². The van der Waals surface area contributed by atoms with Crippen molar-refractivity contribution in [3.8, 4) is 0 Å². The first-order chi connectivity index (χ1) is 12.2. The van der Waals surface area contributed by atoms with E-state index in [9.17, 15) is 21.6 Å². The normalized spacial score (nSPS) is 31.0. The molecular weight excluding hydrogens is 365 g/mol. The molecule has 2 saturated heterocycles. The van der Waals surface area contributed by atoms with Crippen LogP contribution in [0.25, 0.3) is 0 Å². The zero-order chi connectivity index (χ0) is 18.6. The van der Waals surface area contributed by atoms with E-state index in [2.05, 4.69) is 9.88 Å². The summed E-state index contributed by atoms with van der Waals surface area (Å²) in [5, 5.41) is 0. The molecule has 1 aromatic heterocycles. The van der Waals surface area contributed by atoms with Gasteiger partial charge in [0.25, 0.3) is 0 Å². The lowest BCUT2D eigenvalue weighted by atomic mass is 9.83. The van der Waals surface area contributed by atoms with Crippen LogP contribution in [0.3, 0.4) is 0 Å². The third-order valence-electron chi connectivity index (χ3n) is 6.27. The highest BCUT2D eigenvalue weighted by Gasteiger charge is 2.52. The highest BCUT2D eigenvalue weighted by Crippen LogP contribution is 2.44. The Kier molecular flexibility index (Phi) is 4.34. The van der Waals surface area contributed by atoms with Crippen LogP contribution in [0.15, 0.2) is 18.3 Å². The molecule has 2 aliphatic heterocycles. The second-order valence-corrected chi connectivity index (χ2v) is 10.3. The van der Waals surface area contributed by atoms with Crippen molar-refractivity contribution in [2.75, 3.05) is 24.6 Å². The summed E-state index contributed by atoms with van der Waals surface area (Å²) >= 11 is 0. The molecule has 3 heterocycles. The van der Waals surface area contributed by atoms with Crippen LogP contribution in [-0.2, 0) is 16.0 Å². The zero-order valence-corrected chi connectivity index (χ0v) is 15.3. The Morgan fingerprint density at radius 2 is 1.81 bits per heavy atom. The Bertz CT molecular complexity index is 757. The summed E-state index contributed by atoms with van der Waals surface area (Å²) in [6, 6.07) is 3.09. The third-order valence-corrected chi connectivity index (χ3v) is 8.37. The van der Waals surface area contributed by atoms with Crippen molar-refractivity contribution in [3.05, 3.63) is 29.6 Å². The molecule has 1 aromatic rings. The number of alkyl halides is 3. The molecule has 0 unspecified atom stereocenters. The maximum atomic E-state index is 12.6. The van der Waals surface area contributed by atoms with Crippen LogP contribution >= 0.6 is 0 Å². The quantitative estimate of drug-likeness (QED) is 0.781. The smallest absolute Gasteiger partial charge is 0.300 e. The summed E-state index contributed by atoms with van der Waals surface area (Å²) in [6.07, 6.45) is 1.39. The van der Waals surface area contributed by atoms with Gasteiger partial charge >= 0.3 is 6.18 Å². The van der Waals surface area contributed by atoms with Crippen LogP contribution in [0.5, 0.6) is 0 Å². The molecule has 1 saturated carbocycles. The molecule has 144 valence electrons. The van der Waals surface area contributed by atoms with Crippen LogP contribution in [0.4, 0.5) is 13.2 Å². The van der Waals surface area contributed by atoms with Crippen molar-refractivity contribution < 1.29 is 21.6 Å². The van der Waals surface area contributed by atoms with Gasteiger partial charge in [-0.05, 0) is 50.8 Å². The Morgan fingerprint density at radius 1 is 1.12 bits per heavy atom. The fraction of sp³-hybridized carbons (Fsp3) is 0.722. The predicted molar refractivity (Wildman–Crippen MR) is 91.5 cm³/mol. The van der Waals surface area contributed by atoms with Gasteiger partial charge in [-0.15, -0.1) is 0 Å². The summed E-state index contributed by atoms with van der Waals surface area (Å²) in [7, 11) is -2.80. The molecule has 8 heteroatoms. The van der Waals surface area contributed by atoms with Crippen LogP contribution in [-0.4, -0.2) is 48.9 Å². The van der Waals surface area contributed by atoms with Gasteiger partial charge in [-0.3, -0.25) is 9.88 Å². The number of pyridine rings is 1. The van der Waals surface area contributed by atoms with Gasteiger partial charge in [0.05, 0.1) is 17.1 Å². The molecule has 0 radical (unpaired) electrons. The predicted octanol–water partition coefficient (Wildman–Crippen LogP) is 3.25. The molecule has 4 rings (SSSR count). The third kappa shape index (κ3) is 3.50.